The maximum Gasteiger partial charge on any atom is 0.276 e. The van der Waals surface area contributed by atoms with Crippen LogP contribution in [0.15, 0.2) is 48.8 Å². The standard InChI is InChI=1S/C22H22ClFN6O/c23-15-5-1-4-14(20(15)24)17-7-6-16(26)21(28-17)22(31)29-18-11-27-9-8-19(18)30-10-2-3-13(25)12-30/h1,4-9,11,13H,2-3,10,12,25-26H2,(H,29,31). The average molecular weight is 441 g/mol. The number of benzene rings is 1. The van der Waals surface area contributed by atoms with E-state index in [2.05, 4.69) is 20.2 Å². The average Bonchev–Trinajstić information content (AvgIpc) is 2.76. The Morgan fingerprint density at radius 1 is 1.26 bits per heavy atom. The Bertz CT molecular complexity index is 1120. The number of piperidine rings is 1. The Hall–Kier alpha value is -3.23. The van der Waals surface area contributed by atoms with Crippen LogP contribution in [0, 0.1) is 5.82 Å². The number of pyridine rings is 2. The summed E-state index contributed by atoms with van der Waals surface area (Å²) in [7, 11) is 0. The van der Waals surface area contributed by atoms with Crippen LogP contribution in [0.25, 0.3) is 11.3 Å². The summed E-state index contributed by atoms with van der Waals surface area (Å²) < 4.78 is 14.4. The van der Waals surface area contributed by atoms with Crippen LogP contribution in [0.4, 0.5) is 21.5 Å². The summed E-state index contributed by atoms with van der Waals surface area (Å²) in [6, 6.07) is 9.58. The third-order valence-electron chi connectivity index (χ3n) is 5.21. The topological polar surface area (TPSA) is 110 Å². The summed E-state index contributed by atoms with van der Waals surface area (Å²) in [5.74, 6) is -1.12. The van der Waals surface area contributed by atoms with E-state index in [4.69, 9.17) is 23.1 Å². The second-order valence-corrected chi connectivity index (χ2v) is 7.84. The minimum absolute atomic E-state index is 0.0120. The van der Waals surface area contributed by atoms with Crippen molar-refractivity contribution < 1.29 is 9.18 Å². The van der Waals surface area contributed by atoms with Crippen molar-refractivity contribution in [3.8, 4) is 11.3 Å². The fourth-order valence-electron chi connectivity index (χ4n) is 3.67. The highest BCUT2D eigenvalue weighted by Crippen LogP contribution is 2.30. The highest BCUT2D eigenvalue weighted by atomic mass is 35.5. The van der Waals surface area contributed by atoms with E-state index in [0.29, 0.717) is 12.2 Å². The van der Waals surface area contributed by atoms with Crippen molar-refractivity contribution in [2.24, 2.45) is 5.73 Å². The molecule has 0 saturated carbocycles. The van der Waals surface area contributed by atoms with Gasteiger partial charge in [-0.1, -0.05) is 17.7 Å². The Kier molecular flexibility index (Phi) is 6.01. The minimum Gasteiger partial charge on any atom is -0.397 e. The lowest BCUT2D eigenvalue weighted by molar-refractivity contribution is 0.102. The molecular formula is C22H22ClFN6O. The number of hydrogen-bond donors (Lipinski definition) is 3. The molecule has 4 rings (SSSR count). The molecule has 1 aliphatic rings. The van der Waals surface area contributed by atoms with Crippen molar-refractivity contribution in [3.05, 3.63) is 65.3 Å². The molecule has 1 amide bonds. The minimum atomic E-state index is -0.608. The molecule has 0 bridgehead atoms. The largest absolute Gasteiger partial charge is 0.397 e. The maximum absolute atomic E-state index is 14.4. The number of carbonyl (C=O) groups is 1. The molecule has 1 atom stereocenters. The molecule has 7 nitrogen and oxygen atoms in total. The number of nitrogen functional groups attached to an aromatic ring is 1. The molecule has 5 N–H and O–H groups in total. The second kappa shape index (κ2) is 8.87. The monoisotopic (exact) mass is 440 g/mol. The number of aromatic nitrogens is 2. The first-order valence-electron chi connectivity index (χ1n) is 9.91. The van der Waals surface area contributed by atoms with Crippen LogP contribution in [0.2, 0.25) is 5.02 Å². The lowest BCUT2D eigenvalue weighted by atomic mass is 10.1. The Labute approximate surface area is 184 Å². The molecule has 0 radical (unpaired) electrons. The van der Waals surface area contributed by atoms with Gasteiger partial charge in [-0.3, -0.25) is 9.78 Å². The fraction of sp³-hybridized carbons (Fsp3) is 0.227. The summed E-state index contributed by atoms with van der Waals surface area (Å²) in [5, 5.41) is 2.81. The molecule has 1 fully saturated rings. The predicted molar refractivity (Wildman–Crippen MR) is 121 cm³/mol. The van der Waals surface area contributed by atoms with Gasteiger partial charge in [0.15, 0.2) is 11.5 Å². The van der Waals surface area contributed by atoms with E-state index in [1.165, 1.54) is 12.1 Å². The predicted octanol–water partition coefficient (Wildman–Crippen LogP) is 3.70. The van der Waals surface area contributed by atoms with Crippen LogP contribution < -0.4 is 21.7 Å². The van der Waals surface area contributed by atoms with Gasteiger partial charge in [0.05, 0.1) is 34.0 Å². The van der Waals surface area contributed by atoms with Crippen LogP contribution in [-0.4, -0.2) is 35.0 Å². The van der Waals surface area contributed by atoms with Crippen molar-refractivity contribution in [1.82, 2.24) is 9.97 Å². The van der Waals surface area contributed by atoms with E-state index in [0.717, 1.165) is 25.1 Å². The quantitative estimate of drug-likeness (QED) is 0.570. The first-order chi connectivity index (χ1) is 14.9. The molecule has 1 saturated heterocycles. The normalized spacial score (nSPS) is 16.2. The summed E-state index contributed by atoms with van der Waals surface area (Å²) >= 11 is 5.88. The number of rotatable bonds is 4. The van der Waals surface area contributed by atoms with Crippen LogP contribution in [0.3, 0.4) is 0 Å². The van der Waals surface area contributed by atoms with Gasteiger partial charge in [-0.05, 0) is 43.2 Å². The highest BCUT2D eigenvalue weighted by molar-refractivity contribution is 6.31. The van der Waals surface area contributed by atoms with Crippen molar-refractivity contribution >= 4 is 34.6 Å². The first-order valence-corrected chi connectivity index (χ1v) is 10.3. The summed E-state index contributed by atoms with van der Waals surface area (Å²) in [6.45, 7) is 1.53. The number of carbonyl (C=O) groups excluding carboxylic acids is 1. The van der Waals surface area contributed by atoms with E-state index in [1.807, 2.05) is 6.07 Å². The summed E-state index contributed by atoms with van der Waals surface area (Å²) in [4.78, 5) is 23.6. The van der Waals surface area contributed by atoms with E-state index >= 15 is 0 Å². The summed E-state index contributed by atoms with van der Waals surface area (Å²) in [6.07, 6.45) is 5.18. The van der Waals surface area contributed by atoms with E-state index < -0.39 is 11.7 Å². The fourth-order valence-corrected chi connectivity index (χ4v) is 3.85. The molecule has 9 heteroatoms. The van der Waals surface area contributed by atoms with Gasteiger partial charge in [0.2, 0.25) is 0 Å². The molecule has 3 aromatic rings. The van der Waals surface area contributed by atoms with Crippen LogP contribution in [-0.2, 0) is 0 Å². The van der Waals surface area contributed by atoms with Gasteiger partial charge in [-0.15, -0.1) is 0 Å². The van der Waals surface area contributed by atoms with E-state index in [9.17, 15) is 9.18 Å². The van der Waals surface area contributed by atoms with Gasteiger partial charge in [0.25, 0.3) is 5.91 Å². The van der Waals surface area contributed by atoms with Crippen LogP contribution >= 0.6 is 11.6 Å². The zero-order valence-electron chi connectivity index (χ0n) is 16.7. The number of nitrogens with zero attached hydrogens (tertiary/aromatic N) is 3. The van der Waals surface area contributed by atoms with E-state index in [-0.39, 0.29) is 33.7 Å². The highest BCUT2D eigenvalue weighted by Gasteiger charge is 2.22. The van der Waals surface area contributed by atoms with Gasteiger partial charge in [-0.2, -0.15) is 0 Å². The molecule has 2 aromatic heterocycles. The molecule has 1 unspecified atom stereocenters. The molecule has 31 heavy (non-hydrogen) atoms. The van der Waals surface area contributed by atoms with Gasteiger partial charge in [-0.25, -0.2) is 9.37 Å². The molecular weight excluding hydrogens is 419 g/mol. The van der Waals surface area contributed by atoms with Crippen LogP contribution in [0.1, 0.15) is 23.3 Å². The molecule has 1 aliphatic heterocycles. The van der Waals surface area contributed by atoms with Crippen molar-refractivity contribution in [2.75, 3.05) is 29.0 Å². The third-order valence-corrected chi connectivity index (χ3v) is 5.51. The van der Waals surface area contributed by atoms with Crippen LogP contribution in [0.5, 0.6) is 0 Å². The summed E-state index contributed by atoms with van der Waals surface area (Å²) in [5.41, 5.74) is 14.1. The Morgan fingerprint density at radius 3 is 2.90 bits per heavy atom. The van der Waals surface area contributed by atoms with E-state index in [1.54, 1.807) is 30.6 Å². The lowest BCUT2D eigenvalue weighted by Gasteiger charge is -2.33. The SMILES string of the molecule is Nc1ccc(-c2cccc(Cl)c2F)nc1C(=O)Nc1cnccc1N1CCCC(N)C1. The van der Waals surface area contributed by atoms with Gasteiger partial charge >= 0.3 is 0 Å². The third kappa shape index (κ3) is 4.45. The number of hydrogen-bond acceptors (Lipinski definition) is 6. The zero-order valence-corrected chi connectivity index (χ0v) is 17.4. The van der Waals surface area contributed by atoms with Crippen molar-refractivity contribution in [3.63, 3.8) is 0 Å². The Morgan fingerprint density at radius 2 is 2.10 bits per heavy atom. The van der Waals surface area contributed by atoms with Gasteiger partial charge in [0.1, 0.15) is 0 Å². The van der Waals surface area contributed by atoms with Crippen molar-refractivity contribution in [2.45, 2.75) is 18.9 Å². The van der Waals surface area contributed by atoms with Gasteiger partial charge in [0, 0.05) is 30.9 Å². The molecule has 3 heterocycles. The lowest BCUT2D eigenvalue weighted by Crippen LogP contribution is -2.43. The number of nitrogens with one attached hydrogen (secondary N) is 1. The smallest absolute Gasteiger partial charge is 0.276 e. The van der Waals surface area contributed by atoms with Crippen molar-refractivity contribution in [1.29, 1.82) is 0 Å². The molecule has 0 aliphatic carbocycles. The first kappa shape index (κ1) is 21.0. The maximum atomic E-state index is 14.4. The molecule has 1 aromatic carbocycles. The molecule has 160 valence electrons. The second-order valence-electron chi connectivity index (χ2n) is 7.43. The zero-order chi connectivity index (χ0) is 22.0. The Balaban J connectivity index is 1.64. The number of amides is 1. The number of nitrogens with two attached hydrogens (primary N) is 2. The molecule has 0 spiro atoms. The van der Waals surface area contributed by atoms with Gasteiger partial charge < -0.3 is 21.7 Å². The number of anilines is 3. The number of halogens is 2.